The van der Waals surface area contributed by atoms with Crippen LogP contribution in [0.25, 0.3) is 0 Å². The fraction of sp³-hybridized carbons (Fsp3) is 0.750. The van der Waals surface area contributed by atoms with E-state index in [-0.39, 0.29) is 12.8 Å². The molecule has 0 fully saturated rings. The van der Waals surface area contributed by atoms with Crippen molar-refractivity contribution in [1.29, 1.82) is 0 Å². The van der Waals surface area contributed by atoms with Gasteiger partial charge in [-0.05, 0) is 12.8 Å². The molecular weight excluding hydrogens is 180 g/mol. The molecule has 0 spiro atoms. The smallest absolute Gasteiger partial charge is 0.303 e. The molecule has 12 heavy (non-hydrogen) atoms. The van der Waals surface area contributed by atoms with Crippen molar-refractivity contribution in [2.45, 2.75) is 37.5 Å². The lowest BCUT2D eigenvalue weighted by Gasteiger charge is -2.21. The molecule has 70 valence electrons. The zero-order valence-electron chi connectivity index (χ0n) is 7.05. The van der Waals surface area contributed by atoms with Gasteiger partial charge >= 0.3 is 5.97 Å². The maximum atomic E-state index is 10.2. The lowest BCUT2D eigenvalue weighted by Crippen LogP contribution is -2.22. The van der Waals surface area contributed by atoms with Crippen molar-refractivity contribution in [3.63, 3.8) is 0 Å². The van der Waals surface area contributed by atoms with Crippen LogP contribution in [0.3, 0.4) is 0 Å². The second kappa shape index (κ2) is 5.14. The fourth-order valence-corrected chi connectivity index (χ4v) is 1.06. The molecule has 1 N–H and O–H groups in total. The Kier molecular flexibility index (Phi) is 4.90. The first kappa shape index (κ1) is 11.4. The van der Waals surface area contributed by atoms with Gasteiger partial charge in [-0.1, -0.05) is 6.92 Å². The van der Waals surface area contributed by atoms with Crippen molar-refractivity contribution in [2.24, 2.45) is 0 Å². The molecule has 0 aromatic heterocycles. The average molecular weight is 193 g/mol. The number of carbonyl (C=O) groups excluding carboxylic acids is 1. The molecule has 0 aliphatic rings. The Balaban J connectivity index is 3.94. The lowest BCUT2D eigenvalue weighted by atomic mass is 9.96. The van der Waals surface area contributed by atoms with Crippen molar-refractivity contribution in [2.75, 3.05) is 0 Å². The van der Waals surface area contributed by atoms with Crippen LogP contribution in [0.15, 0.2) is 0 Å². The van der Waals surface area contributed by atoms with E-state index in [2.05, 4.69) is 0 Å². The van der Waals surface area contributed by atoms with Gasteiger partial charge in [0.15, 0.2) is 0 Å². The van der Waals surface area contributed by atoms with Gasteiger partial charge in [-0.2, -0.15) is 0 Å². The standard InChI is InChI=1S/C8H13ClO3/c1-2-8(9,5-6-10)4-3-7(11)12/h6H,2-5H2,1H3,(H,11,12). The van der Waals surface area contributed by atoms with E-state index in [1.807, 2.05) is 6.92 Å². The van der Waals surface area contributed by atoms with Gasteiger partial charge in [-0.25, -0.2) is 0 Å². The second-order valence-corrected chi connectivity index (χ2v) is 3.57. The minimum atomic E-state index is -0.876. The summed E-state index contributed by atoms with van der Waals surface area (Å²) in [6.45, 7) is 1.85. The first-order valence-corrected chi connectivity index (χ1v) is 4.26. The van der Waals surface area contributed by atoms with Crippen molar-refractivity contribution >= 4 is 23.9 Å². The van der Waals surface area contributed by atoms with E-state index in [9.17, 15) is 9.59 Å². The Morgan fingerprint density at radius 2 is 2.25 bits per heavy atom. The summed E-state index contributed by atoms with van der Waals surface area (Å²) in [7, 11) is 0. The predicted molar refractivity (Wildman–Crippen MR) is 46.4 cm³/mol. The number of rotatable bonds is 6. The van der Waals surface area contributed by atoms with Crippen molar-refractivity contribution < 1.29 is 14.7 Å². The van der Waals surface area contributed by atoms with Crippen LogP contribution in [-0.4, -0.2) is 22.2 Å². The summed E-state index contributed by atoms with van der Waals surface area (Å²) in [6, 6.07) is 0. The Hall–Kier alpha value is -0.570. The molecule has 0 heterocycles. The van der Waals surface area contributed by atoms with E-state index in [4.69, 9.17) is 16.7 Å². The van der Waals surface area contributed by atoms with Crippen LogP contribution in [0.5, 0.6) is 0 Å². The summed E-state index contributed by atoms with van der Waals surface area (Å²) in [4.78, 5) is 19.8. The molecule has 0 saturated carbocycles. The van der Waals surface area contributed by atoms with E-state index in [1.165, 1.54) is 0 Å². The number of carboxylic acid groups (broad SMARTS) is 1. The monoisotopic (exact) mass is 192 g/mol. The van der Waals surface area contributed by atoms with Gasteiger partial charge in [0.2, 0.25) is 0 Å². The fourth-order valence-electron chi connectivity index (χ4n) is 0.903. The predicted octanol–water partition coefficient (Wildman–Crippen LogP) is 1.83. The zero-order chi connectivity index (χ0) is 9.61. The molecule has 0 aliphatic heterocycles. The van der Waals surface area contributed by atoms with Crippen LogP contribution in [0, 0.1) is 0 Å². The van der Waals surface area contributed by atoms with Crippen LogP contribution < -0.4 is 0 Å². The van der Waals surface area contributed by atoms with Gasteiger partial charge in [0.25, 0.3) is 0 Å². The SMILES string of the molecule is CCC(Cl)(CC=O)CCC(=O)O. The normalized spacial score (nSPS) is 15.2. The molecule has 0 aliphatic carbocycles. The van der Waals surface area contributed by atoms with E-state index in [1.54, 1.807) is 0 Å². The maximum absolute atomic E-state index is 10.2. The Morgan fingerprint density at radius 1 is 1.67 bits per heavy atom. The third-order valence-corrected chi connectivity index (χ3v) is 2.48. The number of hydrogen-bond acceptors (Lipinski definition) is 2. The molecule has 0 aromatic rings. The van der Waals surface area contributed by atoms with Crippen LogP contribution >= 0.6 is 11.6 Å². The maximum Gasteiger partial charge on any atom is 0.303 e. The van der Waals surface area contributed by atoms with E-state index in [0.717, 1.165) is 6.29 Å². The zero-order valence-corrected chi connectivity index (χ0v) is 7.80. The highest BCUT2D eigenvalue weighted by atomic mass is 35.5. The number of carboxylic acids is 1. The molecular formula is C8H13ClO3. The van der Waals surface area contributed by atoms with Crippen LogP contribution in [-0.2, 0) is 9.59 Å². The number of aldehydes is 1. The highest BCUT2D eigenvalue weighted by Crippen LogP contribution is 2.28. The quantitative estimate of drug-likeness (QED) is 0.516. The summed E-state index contributed by atoms with van der Waals surface area (Å²) >= 11 is 5.97. The summed E-state index contributed by atoms with van der Waals surface area (Å²) in [5.74, 6) is -0.876. The van der Waals surface area contributed by atoms with Crippen LogP contribution in [0.4, 0.5) is 0 Å². The number of alkyl halides is 1. The first-order chi connectivity index (χ1) is 5.54. The van der Waals surface area contributed by atoms with Crippen molar-refractivity contribution in [3.8, 4) is 0 Å². The van der Waals surface area contributed by atoms with E-state index < -0.39 is 10.8 Å². The highest BCUT2D eigenvalue weighted by Gasteiger charge is 2.25. The molecule has 1 atom stereocenters. The molecule has 4 heteroatoms. The van der Waals surface area contributed by atoms with Gasteiger partial charge < -0.3 is 9.90 Å². The Bertz CT molecular complexity index is 170. The summed E-state index contributed by atoms with van der Waals surface area (Å²) in [5, 5.41) is 8.39. The van der Waals surface area contributed by atoms with Crippen LogP contribution in [0.1, 0.15) is 32.6 Å². The van der Waals surface area contributed by atoms with Gasteiger partial charge in [-0.15, -0.1) is 11.6 Å². The molecule has 0 bridgehead atoms. The number of halogens is 1. The molecule has 0 saturated heterocycles. The van der Waals surface area contributed by atoms with Crippen molar-refractivity contribution in [1.82, 2.24) is 0 Å². The average Bonchev–Trinajstić information content (AvgIpc) is 2.02. The second-order valence-electron chi connectivity index (χ2n) is 2.77. The lowest BCUT2D eigenvalue weighted by molar-refractivity contribution is -0.137. The molecule has 0 amide bonds. The molecule has 3 nitrogen and oxygen atoms in total. The topological polar surface area (TPSA) is 54.4 Å². The first-order valence-electron chi connectivity index (χ1n) is 3.88. The largest absolute Gasteiger partial charge is 0.481 e. The Morgan fingerprint density at radius 3 is 2.58 bits per heavy atom. The van der Waals surface area contributed by atoms with Gasteiger partial charge in [0, 0.05) is 12.8 Å². The minimum Gasteiger partial charge on any atom is -0.481 e. The number of hydrogen-bond donors (Lipinski definition) is 1. The summed E-state index contributed by atoms with van der Waals surface area (Å²) in [6.07, 6.45) is 1.93. The summed E-state index contributed by atoms with van der Waals surface area (Å²) < 4.78 is 0. The Labute approximate surface area is 76.7 Å². The van der Waals surface area contributed by atoms with E-state index in [0.29, 0.717) is 12.8 Å². The van der Waals surface area contributed by atoms with E-state index >= 15 is 0 Å². The minimum absolute atomic E-state index is 0.0190. The number of carbonyl (C=O) groups is 2. The third kappa shape index (κ3) is 4.34. The van der Waals surface area contributed by atoms with Gasteiger partial charge in [0.1, 0.15) is 6.29 Å². The molecule has 1 unspecified atom stereocenters. The highest BCUT2D eigenvalue weighted by molar-refractivity contribution is 6.24. The number of aliphatic carboxylic acids is 1. The molecule has 0 radical (unpaired) electrons. The molecule has 0 rings (SSSR count). The van der Waals surface area contributed by atoms with Gasteiger partial charge in [0.05, 0.1) is 4.87 Å². The molecule has 0 aromatic carbocycles. The van der Waals surface area contributed by atoms with Crippen molar-refractivity contribution in [3.05, 3.63) is 0 Å². The third-order valence-electron chi connectivity index (χ3n) is 1.87. The van der Waals surface area contributed by atoms with Gasteiger partial charge in [-0.3, -0.25) is 4.79 Å². The van der Waals surface area contributed by atoms with Crippen LogP contribution in [0.2, 0.25) is 0 Å². The summed E-state index contributed by atoms with van der Waals surface area (Å²) in [5.41, 5.74) is 0.